The van der Waals surface area contributed by atoms with Gasteiger partial charge < -0.3 is 14.9 Å². The van der Waals surface area contributed by atoms with E-state index >= 15 is 0 Å². The molecule has 0 amide bonds. The second-order valence-electron chi connectivity index (χ2n) is 10.3. The Labute approximate surface area is 167 Å². The molecule has 4 bridgehead atoms. The first kappa shape index (κ1) is 19.9. The van der Waals surface area contributed by atoms with Crippen molar-refractivity contribution in [2.75, 3.05) is 13.2 Å². The van der Waals surface area contributed by atoms with Gasteiger partial charge in [-0.3, -0.25) is 4.79 Å². The van der Waals surface area contributed by atoms with Crippen LogP contribution in [-0.4, -0.2) is 35.5 Å². The predicted octanol–water partition coefficient (Wildman–Crippen LogP) is 3.63. The fourth-order valence-corrected chi connectivity index (χ4v) is 7.95. The van der Waals surface area contributed by atoms with Crippen LogP contribution in [0.15, 0.2) is 11.6 Å². The number of carboxylic acid groups (broad SMARTS) is 1. The Morgan fingerprint density at radius 3 is 2.64 bits per heavy atom. The molecule has 8 atom stereocenters. The fourth-order valence-electron chi connectivity index (χ4n) is 7.95. The lowest BCUT2D eigenvalue weighted by atomic mass is 9.43. The van der Waals surface area contributed by atoms with Gasteiger partial charge in [-0.2, -0.15) is 5.26 Å². The molecule has 4 rings (SSSR count). The molecule has 3 saturated carbocycles. The molecule has 5 heteroatoms. The molecule has 0 radical (unpaired) electrons. The third kappa shape index (κ3) is 2.06. The first-order chi connectivity index (χ1) is 13.2. The van der Waals surface area contributed by atoms with E-state index in [0.29, 0.717) is 24.9 Å². The topological polar surface area (TPSA) is 90.5 Å². The van der Waals surface area contributed by atoms with E-state index in [1.165, 1.54) is 0 Å². The van der Waals surface area contributed by atoms with Crippen LogP contribution in [-0.2, 0) is 9.53 Å². The van der Waals surface area contributed by atoms with Crippen LogP contribution in [0.25, 0.3) is 0 Å². The molecule has 0 heterocycles. The van der Waals surface area contributed by atoms with Crippen molar-refractivity contribution in [2.45, 2.75) is 59.5 Å². The zero-order valence-corrected chi connectivity index (χ0v) is 17.4. The van der Waals surface area contributed by atoms with Gasteiger partial charge in [-0.15, -0.1) is 0 Å². The molecule has 4 aliphatic carbocycles. The highest BCUT2D eigenvalue weighted by atomic mass is 16.5. The van der Waals surface area contributed by atoms with E-state index in [2.05, 4.69) is 32.9 Å². The van der Waals surface area contributed by atoms with Gasteiger partial charge in [-0.25, -0.2) is 0 Å². The molecule has 5 nitrogen and oxygen atoms in total. The number of carbonyl (C=O) groups is 1. The SMILES string of the molecule is CC(C)C1=CC2CC3(C#N)C4CCC(C)C4CC2(COC[C@@H](C)O)C13C(=O)O. The first-order valence-electron chi connectivity index (χ1n) is 10.8. The van der Waals surface area contributed by atoms with Gasteiger partial charge in [0.05, 0.1) is 30.8 Å². The summed E-state index contributed by atoms with van der Waals surface area (Å²) in [5.74, 6) is 0.355. The average Bonchev–Trinajstić information content (AvgIpc) is 3.18. The number of aliphatic hydroxyl groups excluding tert-OH is 1. The molecule has 154 valence electrons. The molecule has 0 aromatic heterocycles. The average molecular weight is 388 g/mol. The third-order valence-corrected chi connectivity index (χ3v) is 8.76. The van der Waals surface area contributed by atoms with E-state index in [9.17, 15) is 20.3 Å². The lowest BCUT2D eigenvalue weighted by Gasteiger charge is -2.57. The zero-order chi connectivity index (χ0) is 20.5. The van der Waals surface area contributed by atoms with Gasteiger partial charge in [0.1, 0.15) is 5.41 Å². The molecule has 4 aliphatic rings. The Kier molecular flexibility index (Phi) is 4.49. The minimum absolute atomic E-state index is 0.0625. The standard InChI is InChI=1S/C23H33NO4/c1-13(2)19-7-16-8-21(11-24)18-6-5-14(3)17(18)9-22(16,12-28-10-15(4)25)23(19,21)20(26)27/h7,13-18,25H,5-6,8-10,12H2,1-4H3,(H,26,27)/t14?,15-,16?,17?,18?,21?,22?,23?/m1/s1. The van der Waals surface area contributed by atoms with Crippen molar-refractivity contribution in [3.8, 4) is 6.07 Å². The summed E-state index contributed by atoms with van der Waals surface area (Å²) < 4.78 is 5.96. The number of fused-ring (bicyclic) bond motifs is 2. The van der Waals surface area contributed by atoms with Crippen LogP contribution in [0.2, 0.25) is 0 Å². The fraction of sp³-hybridized carbons (Fsp3) is 0.826. The number of ether oxygens (including phenoxy) is 1. The summed E-state index contributed by atoms with van der Waals surface area (Å²) in [6, 6.07) is 2.64. The highest BCUT2D eigenvalue weighted by Crippen LogP contribution is 2.83. The number of rotatable bonds is 6. The Balaban J connectivity index is 1.91. The predicted molar refractivity (Wildman–Crippen MR) is 104 cm³/mol. The summed E-state index contributed by atoms with van der Waals surface area (Å²) in [6.07, 6.45) is 5.08. The Hall–Kier alpha value is -1.38. The van der Waals surface area contributed by atoms with Gasteiger partial charge in [0.15, 0.2) is 0 Å². The van der Waals surface area contributed by atoms with Crippen LogP contribution in [0, 0.1) is 57.2 Å². The quantitative estimate of drug-likeness (QED) is 0.679. The lowest BCUT2D eigenvalue weighted by molar-refractivity contribution is -0.180. The van der Waals surface area contributed by atoms with Gasteiger partial charge in [-0.05, 0) is 55.8 Å². The number of nitriles is 1. The number of nitrogens with zero attached hydrogens (tertiary/aromatic N) is 1. The highest BCUT2D eigenvalue weighted by molar-refractivity contribution is 5.85. The maximum absolute atomic E-state index is 13.1. The van der Waals surface area contributed by atoms with Crippen LogP contribution in [0.5, 0.6) is 0 Å². The van der Waals surface area contributed by atoms with E-state index in [1.807, 2.05) is 0 Å². The number of aliphatic carboxylic acids is 1. The first-order valence-corrected chi connectivity index (χ1v) is 10.8. The highest BCUT2D eigenvalue weighted by Gasteiger charge is 2.84. The summed E-state index contributed by atoms with van der Waals surface area (Å²) >= 11 is 0. The molecule has 0 spiro atoms. The molecule has 0 aliphatic heterocycles. The van der Waals surface area contributed by atoms with Crippen LogP contribution in [0.3, 0.4) is 0 Å². The van der Waals surface area contributed by atoms with Crippen LogP contribution in [0.1, 0.15) is 53.4 Å². The summed E-state index contributed by atoms with van der Waals surface area (Å²) in [5, 5.41) is 31.0. The molecular formula is C23H33NO4. The summed E-state index contributed by atoms with van der Waals surface area (Å²) in [7, 11) is 0. The van der Waals surface area contributed by atoms with Crippen molar-refractivity contribution >= 4 is 5.97 Å². The second kappa shape index (κ2) is 6.31. The maximum Gasteiger partial charge on any atom is 0.316 e. The minimum Gasteiger partial charge on any atom is -0.481 e. The smallest absolute Gasteiger partial charge is 0.316 e. The van der Waals surface area contributed by atoms with E-state index in [0.717, 1.165) is 24.8 Å². The largest absolute Gasteiger partial charge is 0.481 e. The Bertz CT molecular complexity index is 752. The number of allylic oxidation sites excluding steroid dienone is 1. The molecule has 0 aromatic carbocycles. The Morgan fingerprint density at radius 2 is 2.07 bits per heavy atom. The van der Waals surface area contributed by atoms with E-state index in [1.54, 1.807) is 6.92 Å². The van der Waals surface area contributed by atoms with Crippen molar-refractivity contribution in [3.05, 3.63) is 11.6 Å². The maximum atomic E-state index is 13.1. The van der Waals surface area contributed by atoms with Crippen LogP contribution < -0.4 is 0 Å². The van der Waals surface area contributed by atoms with Crippen molar-refractivity contribution in [2.24, 2.45) is 45.8 Å². The molecule has 0 saturated heterocycles. The minimum atomic E-state index is -1.17. The number of hydrogen-bond acceptors (Lipinski definition) is 4. The van der Waals surface area contributed by atoms with Crippen molar-refractivity contribution in [3.63, 3.8) is 0 Å². The lowest BCUT2D eigenvalue weighted by Crippen LogP contribution is -2.62. The van der Waals surface area contributed by atoms with Gasteiger partial charge in [-0.1, -0.05) is 38.8 Å². The molecule has 28 heavy (non-hydrogen) atoms. The van der Waals surface area contributed by atoms with Crippen LogP contribution >= 0.6 is 0 Å². The Morgan fingerprint density at radius 1 is 1.36 bits per heavy atom. The van der Waals surface area contributed by atoms with Crippen molar-refractivity contribution in [1.82, 2.24) is 0 Å². The van der Waals surface area contributed by atoms with Gasteiger partial charge >= 0.3 is 5.97 Å². The van der Waals surface area contributed by atoms with E-state index in [4.69, 9.17) is 4.74 Å². The van der Waals surface area contributed by atoms with Crippen LogP contribution in [0.4, 0.5) is 0 Å². The zero-order valence-electron chi connectivity index (χ0n) is 17.4. The van der Waals surface area contributed by atoms with E-state index < -0.39 is 28.3 Å². The molecule has 3 fully saturated rings. The monoisotopic (exact) mass is 387 g/mol. The third-order valence-electron chi connectivity index (χ3n) is 8.76. The second-order valence-corrected chi connectivity index (χ2v) is 10.3. The van der Waals surface area contributed by atoms with E-state index in [-0.39, 0.29) is 24.4 Å². The summed E-state index contributed by atoms with van der Waals surface area (Å²) in [6.45, 7) is 8.55. The number of hydrogen-bond donors (Lipinski definition) is 2. The van der Waals surface area contributed by atoms with Crippen molar-refractivity contribution < 1.29 is 19.7 Å². The normalized spacial score (nSPS) is 47.0. The molecule has 0 aromatic rings. The van der Waals surface area contributed by atoms with Gasteiger partial charge in [0, 0.05) is 5.41 Å². The summed E-state index contributed by atoms with van der Waals surface area (Å²) in [5.41, 5.74) is -1.66. The van der Waals surface area contributed by atoms with Gasteiger partial charge in [0.2, 0.25) is 0 Å². The summed E-state index contributed by atoms with van der Waals surface area (Å²) in [4.78, 5) is 13.1. The number of carboxylic acids is 1. The molecule has 7 unspecified atom stereocenters. The molecule has 2 N–H and O–H groups in total. The van der Waals surface area contributed by atoms with Crippen molar-refractivity contribution in [1.29, 1.82) is 5.26 Å². The number of aliphatic hydroxyl groups is 1. The van der Waals surface area contributed by atoms with Gasteiger partial charge in [0.25, 0.3) is 0 Å². The molecular weight excluding hydrogens is 354 g/mol.